The Bertz CT molecular complexity index is 458. The molecule has 1 aromatic heterocycles. The highest BCUT2D eigenvalue weighted by molar-refractivity contribution is 9.10. The van der Waals surface area contributed by atoms with Crippen molar-refractivity contribution in [2.24, 2.45) is 0 Å². The average molecular weight is 338 g/mol. The SMILES string of the molecule is CC(C)c1nc(Br)cc(N(CC(F)(F)F)C2CC2)n1. The van der Waals surface area contributed by atoms with Gasteiger partial charge in [-0.3, -0.25) is 0 Å². The summed E-state index contributed by atoms with van der Waals surface area (Å²) in [5.74, 6) is 0.978. The number of halogens is 4. The van der Waals surface area contributed by atoms with E-state index in [1.54, 1.807) is 6.07 Å². The maximum absolute atomic E-state index is 12.6. The van der Waals surface area contributed by atoms with E-state index in [1.165, 1.54) is 4.90 Å². The maximum Gasteiger partial charge on any atom is 0.405 e. The Kier molecular flexibility index (Phi) is 4.03. The van der Waals surface area contributed by atoms with E-state index in [9.17, 15) is 13.2 Å². The first-order valence-corrected chi connectivity index (χ1v) is 6.93. The molecule has 1 heterocycles. The van der Waals surface area contributed by atoms with E-state index in [4.69, 9.17) is 0 Å². The Labute approximate surface area is 118 Å². The van der Waals surface area contributed by atoms with Crippen molar-refractivity contribution >= 4 is 21.7 Å². The highest BCUT2D eigenvalue weighted by Gasteiger charge is 2.39. The number of hydrogen-bond acceptors (Lipinski definition) is 3. The number of nitrogens with zero attached hydrogens (tertiary/aromatic N) is 3. The molecule has 1 aliphatic rings. The summed E-state index contributed by atoms with van der Waals surface area (Å²) in [6.45, 7) is 2.87. The molecule has 0 aromatic carbocycles. The summed E-state index contributed by atoms with van der Waals surface area (Å²) >= 11 is 3.24. The number of anilines is 1. The molecule has 0 bridgehead atoms. The minimum atomic E-state index is -4.22. The van der Waals surface area contributed by atoms with Crippen LogP contribution in [-0.2, 0) is 0 Å². The molecule has 1 fully saturated rings. The fourth-order valence-corrected chi connectivity index (χ4v) is 2.19. The molecule has 0 amide bonds. The Hall–Kier alpha value is -0.850. The Balaban J connectivity index is 2.31. The van der Waals surface area contributed by atoms with Crippen LogP contribution in [0.5, 0.6) is 0 Å². The summed E-state index contributed by atoms with van der Waals surface area (Å²) < 4.78 is 38.4. The van der Waals surface area contributed by atoms with Gasteiger partial charge in [0.05, 0.1) is 0 Å². The second-order valence-corrected chi connectivity index (χ2v) is 5.85. The summed E-state index contributed by atoms with van der Waals surface area (Å²) in [4.78, 5) is 9.78. The number of hydrogen-bond donors (Lipinski definition) is 0. The van der Waals surface area contributed by atoms with Crippen LogP contribution in [0.1, 0.15) is 38.4 Å². The number of aromatic nitrogens is 2. The van der Waals surface area contributed by atoms with E-state index in [-0.39, 0.29) is 12.0 Å². The number of rotatable bonds is 4. The maximum atomic E-state index is 12.6. The fraction of sp³-hybridized carbons (Fsp3) is 0.667. The molecule has 0 aliphatic heterocycles. The van der Waals surface area contributed by atoms with Gasteiger partial charge in [-0.1, -0.05) is 13.8 Å². The van der Waals surface area contributed by atoms with Crippen molar-refractivity contribution in [3.63, 3.8) is 0 Å². The second kappa shape index (κ2) is 5.26. The molecule has 0 unspecified atom stereocenters. The van der Waals surface area contributed by atoms with Gasteiger partial charge >= 0.3 is 6.18 Å². The predicted molar refractivity (Wildman–Crippen MR) is 70.2 cm³/mol. The molecule has 106 valence electrons. The molecule has 0 N–H and O–H groups in total. The third-order valence-electron chi connectivity index (χ3n) is 2.85. The van der Waals surface area contributed by atoms with Gasteiger partial charge in [-0.2, -0.15) is 13.2 Å². The van der Waals surface area contributed by atoms with Gasteiger partial charge in [-0.15, -0.1) is 0 Å². The lowest BCUT2D eigenvalue weighted by Crippen LogP contribution is -2.36. The van der Waals surface area contributed by atoms with E-state index in [2.05, 4.69) is 25.9 Å². The summed E-state index contributed by atoms with van der Waals surface area (Å²) in [6.07, 6.45) is -2.65. The van der Waals surface area contributed by atoms with Gasteiger partial charge in [0.15, 0.2) is 0 Å². The van der Waals surface area contributed by atoms with Crippen molar-refractivity contribution in [2.75, 3.05) is 11.4 Å². The van der Waals surface area contributed by atoms with Gasteiger partial charge in [0.25, 0.3) is 0 Å². The van der Waals surface area contributed by atoms with Gasteiger partial charge in [-0.25, -0.2) is 9.97 Å². The second-order valence-electron chi connectivity index (χ2n) is 5.04. The van der Waals surface area contributed by atoms with E-state index >= 15 is 0 Å². The van der Waals surface area contributed by atoms with Gasteiger partial charge in [0.1, 0.15) is 22.8 Å². The molecule has 0 spiro atoms. The van der Waals surface area contributed by atoms with Crippen LogP contribution in [0.3, 0.4) is 0 Å². The molecule has 1 saturated carbocycles. The monoisotopic (exact) mass is 337 g/mol. The third kappa shape index (κ3) is 4.06. The molecule has 3 nitrogen and oxygen atoms in total. The fourth-order valence-electron chi connectivity index (χ4n) is 1.80. The molecule has 2 rings (SSSR count). The van der Waals surface area contributed by atoms with Crippen molar-refractivity contribution < 1.29 is 13.2 Å². The lowest BCUT2D eigenvalue weighted by Gasteiger charge is -2.25. The van der Waals surface area contributed by atoms with Crippen LogP contribution < -0.4 is 4.90 Å². The van der Waals surface area contributed by atoms with Crippen LogP contribution in [-0.4, -0.2) is 28.7 Å². The van der Waals surface area contributed by atoms with E-state index in [1.807, 2.05) is 13.8 Å². The van der Waals surface area contributed by atoms with Gasteiger partial charge in [0.2, 0.25) is 0 Å². The Morgan fingerprint density at radius 2 is 2.00 bits per heavy atom. The zero-order valence-electron chi connectivity index (χ0n) is 10.7. The summed E-state index contributed by atoms with van der Waals surface area (Å²) in [6, 6.07) is 1.50. The van der Waals surface area contributed by atoms with Crippen LogP contribution in [0.4, 0.5) is 19.0 Å². The molecule has 19 heavy (non-hydrogen) atoms. The normalized spacial score (nSPS) is 15.9. The van der Waals surface area contributed by atoms with Crippen LogP contribution in [0.2, 0.25) is 0 Å². The first kappa shape index (κ1) is 14.6. The highest BCUT2D eigenvalue weighted by atomic mass is 79.9. The van der Waals surface area contributed by atoms with Crippen LogP contribution in [0.15, 0.2) is 10.7 Å². The molecule has 7 heteroatoms. The smallest absolute Gasteiger partial charge is 0.344 e. The molecule has 0 saturated heterocycles. The molecular weight excluding hydrogens is 323 g/mol. The summed E-state index contributed by atoms with van der Waals surface area (Å²) in [5, 5.41) is 0. The summed E-state index contributed by atoms with van der Waals surface area (Å²) in [5.41, 5.74) is 0. The molecule has 0 radical (unpaired) electrons. The largest absolute Gasteiger partial charge is 0.405 e. The van der Waals surface area contributed by atoms with E-state index < -0.39 is 12.7 Å². The van der Waals surface area contributed by atoms with Gasteiger partial charge < -0.3 is 4.90 Å². The minimum Gasteiger partial charge on any atom is -0.344 e. The van der Waals surface area contributed by atoms with Crippen LogP contribution in [0.25, 0.3) is 0 Å². The lowest BCUT2D eigenvalue weighted by molar-refractivity contribution is -0.120. The topological polar surface area (TPSA) is 29.0 Å². The van der Waals surface area contributed by atoms with Gasteiger partial charge in [0, 0.05) is 18.0 Å². The Morgan fingerprint density at radius 3 is 2.47 bits per heavy atom. The average Bonchev–Trinajstić information content (AvgIpc) is 3.07. The number of alkyl halides is 3. The first-order valence-electron chi connectivity index (χ1n) is 6.14. The van der Waals surface area contributed by atoms with Crippen molar-refractivity contribution in [3.8, 4) is 0 Å². The minimum absolute atomic E-state index is 0.0524. The quantitative estimate of drug-likeness (QED) is 0.780. The van der Waals surface area contributed by atoms with Crippen molar-refractivity contribution in [3.05, 3.63) is 16.5 Å². The van der Waals surface area contributed by atoms with E-state index in [0.29, 0.717) is 16.2 Å². The van der Waals surface area contributed by atoms with Crippen LogP contribution >= 0.6 is 15.9 Å². The highest BCUT2D eigenvalue weighted by Crippen LogP contribution is 2.34. The van der Waals surface area contributed by atoms with Crippen molar-refractivity contribution in [1.29, 1.82) is 0 Å². The molecular formula is C12H15BrF3N3. The first-order chi connectivity index (χ1) is 8.76. The van der Waals surface area contributed by atoms with E-state index in [0.717, 1.165) is 12.8 Å². The van der Waals surface area contributed by atoms with Crippen molar-refractivity contribution in [2.45, 2.75) is 44.8 Å². The zero-order chi connectivity index (χ0) is 14.2. The lowest BCUT2D eigenvalue weighted by atomic mass is 10.2. The molecule has 1 aliphatic carbocycles. The standard InChI is InChI=1S/C12H15BrF3N3/c1-7(2)11-17-9(13)5-10(18-11)19(8-3-4-8)6-12(14,15)16/h5,7-8H,3-4,6H2,1-2H3. The predicted octanol–water partition coefficient (Wildman–Crippen LogP) is 3.89. The van der Waals surface area contributed by atoms with Crippen LogP contribution in [0, 0.1) is 0 Å². The van der Waals surface area contributed by atoms with Crippen molar-refractivity contribution in [1.82, 2.24) is 9.97 Å². The molecule has 1 aromatic rings. The molecule has 0 atom stereocenters. The van der Waals surface area contributed by atoms with Gasteiger partial charge in [-0.05, 0) is 28.8 Å². The zero-order valence-corrected chi connectivity index (χ0v) is 12.3. The third-order valence-corrected chi connectivity index (χ3v) is 3.25. The Morgan fingerprint density at radius 1 is 1.37 bits per heavy atom. The summed E-state index contributed by atoms with van der Waals surface area (Å²) in [7, 11) is 0.